The van der Waals surface area contributed by atoms with Crippen molar-refractivity contribution >= 4 is 45.5 Å². The van der Waals surface area contributed by atoms with Crippen molar-refractivity contribution in [2.45, 2.75) is 30.4 Å². The van der Waals surface area contributed by atoms with Gasteiger partial charge in [-0.25, -0.2) is 0 Å². The SMILES string of the molecule is CCc1nnc(CSc2nnc(Nc3cccc(Cl)c3C)s2)o1. The summed E-state index contributed by atoms with van der Waals surface area (Å²) in [6, 6.07) is 5.72. The predicted molar refractivity (Wildman–Crippen MR) is 92.6 cm³/mol. The number of nitrogens with one attached hydrogen (secondary N) is 1. The number of rotatable bonds is 6. The van der Waals surface area contributed by atoms with Gasteiger partial charge < -0.3 is 9.73 Å². The summed E-state index contributed by atoms with van der Waals surface area (Å²) in [5.41, 5.74) is 1.91. The first-order valence-corrected chi connectivity index (χ1v) is 9.13. The zero-order valence-electron chi connectivity index (χ0n) is 12.5. The van der Waals surface area contributed by atoms with Gasteiger partial charge in [-0.15, -0.1) is 20.4 Å². The minimum Gasteiger partial charge on any atom is -0.424 e. The molecule has 0 atom stereocenters. The van der Waals surface area contributed by atoms with Crippen LogP contribution in [0.2, 0.25) is 5.02 Å². The summed E-state index contributed by atoms with van der Waals surface area (Å²) >= 11 is 9.11. The molecule has 1 N–H and O–H groups in total. The second kappa shape index (κ2) is 7.29. The van der Waals surface area contributed by atoms with Gasteiger partial charge in [-0.3, -0.25) is 0 Å². The molecule has 120 valence electrons. The molecule has 0 aliphatic heterocycles. The Balaban J connectivity index is 1.62. The van der Waals surface area contributed by atoms with Crippen LogP contribution in [0, 0.1) is 6.92 Å². The Bertz CT molecular complexity index is 804. The van der Waals surface area contributed by atoms with Gasteiger partial charge in [0.1, 0.15) is 0 Å². The minimum absolute atomic E-state index is 0.581. The number of aromatic nitrogens is 4. The number of aryl methyl sites for hydroxylation is 1. The molecule has 0 fully saturated rings. The molecule has 0 saturated heterocycles. The van der Waals surface area contributed by atoms with Crippen LogP contribution in [-0.2, 0) is 12.2 Å². The summed E-state index contributed by atoms with van der Waals surface area (Å²) in [4.78, 5) is 0. The van der Waals surface area contributed by atoms with Crippen LogP contribution in [0.25, 0.3) is 0 Å². The molecule has 0 radical (unpaired) electrons. The van der Waals surface area contributed by atoms with E-state index >= 15 is 0 Å². The summed E-state index contributed by atoms with van der Waals surface area (Å²) in [6.45, 7) is 3.94. The highest BCUT2D eigenvalue weighted by Crippen LogP contribution is 2.31. The quantitative estimate of drug-likeness (QED) is 0.643. The van der Waals surface area contributed by atoms with E-state index in [9.17, 15) is 0 Å². The topological polar surface area (TPSA) is 76.7 Å². The first-order valence-electron chi connectivity index (χ1n) is 6.95. The van der Waals surface area contributed by atoms with Gasteiger partial charge in [-0.1, -0.05) is 47.7 Å². The van der Waals surface area contributed by atoms with E-state index in [1.165, 1.54) is 23.1 Å². The highest BCUT2D eigenvalue weighted by molar-refractivity contribution is 8.00. The Kier molecular flexibility index (Phi) is 5.14. The number of benzene rings is 1. The van der Waals surface area contributed by atoms with Gasteiger partial charge in [0.25, 0.3) is 0 Å². The van der Waals surface area contributed by atoms with Crippen LogP contribution in [0.3, 0.4) is 0 Å². The molecule has 0 unspecified atom stereocenters. The molecule has 3 aromatic rings. The summed E-state index contributed by atoms with van der Waals surface area (Å²) in [5.74, 6) is 1.83. The third-order valence-electron chi connectivity index (χ3n) is 3.05. The fraction of sp³-hybridized carbons (Fsp3) is 0.286. The van der Waals surface area contributed by atoms with E-state index in [-0.39, 0.29) is 0 Å². The maximum atomic E-state index is 6.12. The lowest BCUT2D eigenvalue weighted by molar-refractivity contribution is 0.470. The first-order chi connectivity index (χ1) is 11.2. The van der Waals surface area contributed by atoms with Crippen LogP contribution in [0.4, 0.5) is 10.8 Å². The summed E-state index contributed by atoms with van der Waals surface area (Å²) in [5, 5.41) is 20.9. The number of halogens is 1. The van der Waals surface area contributed by atoms with Gasteiger partial charge in [0.05, 0.1) is 5.75 Å². The average Bonchev–Trinajstić information content (AvgIpc) is 3.19. The van der Waals surface area contributed by atoms with Gasteiger partial charge in [0, 0.05) is 17.1 Å². The van der Waals surface area contributed by atoms with Crippen molar-refractivity contribution in [3.05, 3.63) is 40.6 Å². The molecule has 0 aliphatic rings. The lowest BCUT2D eigenvalue weighted by atomic mass is 10.2. The summed E-state index contributed by atoms with van der Waals surface area (Å²) < 4.78 is 6.31. The van der Waals surface area contributed by atoms with Crippen molar-refractivity contribution in [2.24, 2.45) is 0 Å². The van der Waals surface area contributed by atoms with Crippen molar-refractivity contribution < 1.29 is 4.42 Å². The zero-order valence-corrected chi connectivity index (χ0v) is 14.9. The lowest BCUT2D eigenvalue weighted by Crippen LogP contribution is -1.92. The first kappa shape index (κ1) is 16.2. The van der Waals surface area contributed by atoms with Gasteiger partial charge in [-0.2, -0.15) is 0 Å². The van der Waals surface area contributed by atoms with Crippen LogP contribution in [0.5, 0.6) is 0 Å². The fourth-order valence-electron chi connectivity index (χ4n) is 1.79. The van der Waals surface area contributed by atoms with Crippen molar-refractivity contribution in [3.8, 4) is 0 Å². The minimum atomic E-state index is 0.581. The van der Waals surface area contributed by atoms with Gasteiger partial charge in [0.2, 0.25) is 16.9 Å². The van der Waals surface area contributed by atoms with Crippen LogP contribution in [0.15, 0.2) is 27.0 Å². The molecule has 9 heteroatoms. The molecule has 0 aliphatic carbocycles. The Morgan fingerprint density at radius 2 is 2.04 bits per heavy atom. The number of thioether (sulfide) groups is 1. The second-order valence-electron chi connectivity index (χ2n) is 4.64. The van der Waals surface area contributed by atoms with Crippen molar-refractivity contribution in [1.82, 2.24) is 20.4 Å². The van der Waals surface area contributed by atoms with Crippen LogP contribution < -0.4 is 5.32 Å². The highest BCUT2D eigenvalue weighted by Gasteiger charge is 2.10. The molecule has 6 nitrogen and oxygen atoms in total. The molecule has 2 heterocycles. The third kappa shape index (κ3) is 4.01. The predicted octanol–water partition coefficient (Wildman–Crippen LogP) is 4.48. The van der Waals surface area contributed by atoms with Gasteiger partial charge >= 0.3 is 0 Å². The Labute approximate surface area is 146 Å². The molecule has 23 heavy (non-hydrogen) atoms. The number of nitrogens with zero attached hydrogens (tertiary/aromatic N) is 4. The number of anilines is 2. The van der Waals surface area contributed by atoms with Crippen molar-refractivity contribution in [1.29, 1.82) is 0 Å². The van der Waals surface area contributed by atoms with E-state index < -0.39 is 0 Å². The monoisotopic (exact) mass is 367 g/mol. The standard InChI is InChI=1S/C14H14ClN5OS2/c1-3-11-17-18-12(21-11)7-22-14-20-19-13(23-14)16-10-6-4-5-9(15)8(10)2/h4-6H,3,7H2,1-2H3,(H,16,19). The number of hydrogen-bond acceptors (Lipinski definition) is 8. The normalized spacial score (nSPS) is 10.9. The molecule has 0 amide bonds. The molecular weight excluding hydrogens is 354 g/mol. The zero-order chi connectivity index (χ0) is 16.2. The summed E-state index contributed by atoms with van der Waals surface area (Å²) in [6.07, 6.45) is 0.740. The molecule has 0 bridgehead atoms. The fourth-order valence-corrected chi connectivity index (χ4v) is 3.57. The van der Waals surface area contributed by atoms with E-state index in [2.05, 4.69) is 25.7 Å². The lowest BCUT2D eigenvalue weighted by Gasteiger charge is -2.06. The van der Waals surface area contributed by atoms with Crippen molar-refractivity contribution in [3.63, 3.8) is 0 Å². The van der Waals surface area contributed by atoms with Crippen molar-refractivity contribution in [2.75, 3.05) is 5.32 Å². The second-order valence-corrected chi connectivity index (χ2v) is 7.25. The van der Waals surface area contributed by atoms with E-state index in [4.69, 9.17) is 16.0 Å². The Morgan fingerprint density at radius 1 is 1.22 bits per heavy atom. The molecular formula is C14H14ClN5OS2. The largest absolute Gasteiger partial charge is 0.424 e. The Hall–Kier alpha value is -1.64. The molecule has 2 aromatic heterocycles. The van der Waals surface area contributed by atoms with E-state index in [1.807, 2.05) is 32.0 Å². The van der Waals surface area contributed by atoms with E-state index in [0.717, 1.165) is 32.2 Å². The van der Waals surface area contributed by atoms with Crippen LogP contribution in [-0.4, -0.2) is 20.4 Å². The Morgan fingerprint density at radius 3 is 2.83 bits per heavy atom. The molecule has 3 rings (SSSR count). The maximum Gasteiger partial charge on any atom is 0.226 e. The third-order valence-corrected chi connectivity index (χ3v) is 5.41. The molecule has 0 saturated carbocycles. The smallest absolute Gasteiger partial charge is 0.226 e. The van der Waals surface area contributed by atoms with Crippen LogP contribution >= 0.6 is 34.7 Å². The van der Waals surface area contributed by atoms with E-state index in [0.29, 0.717) is 17.5 Å². The number of hydrogen-bond donors (Lipinski definition) is 1. The maximum absolute atomic E-state index is 6.12. The highest BCUT2D eigenvalue weighted by atomic mass is 35.5. The average molecular weight is 368 g/mol. The molecule has 0 spiro atoms. The van der Waals surface area contributed by atoms with Gasteiger partial charge in [0.15, 0.2) is 4.34 Å². The summed E-state index contributed by atoms with van der Waals surface area (Å²) in [7, 11) is 0. The molecule has 1 aromatic carbocycles. The van der Waals surface area contributed by atoms with Gasteiger partial charge in [-0.05, 0) is 24.6 Å². The van der Waals surface area contributed by atoms with E-state index in [1.54, 1.807) is 0 Å². The van der Waals surface area contributed by atoms with Crippen LogP contribution in [0.1, 0.15) is 24.3 Å².